The lowest BCUT2D eigenvalue weighted by Gasteiger charge is -2.32. The molecule has 11 N–H and O–H groups in total. The summed E-state index contributed by atoms with van der Waals surface area (Å²) < 4.78 is 0. The SMILES string of the molecule is C[C@@](Cc1ccc(C(=N)N)cc1)(C(=O)N[C@H](C(=O)NC(CCCN=C(N)N)C(N)=O)c1ccccc1)c1ccccc1. The van der Waals surface area contributed by atoms with Crippen LogP contribution in [0, 0.1) is 5.41 Å². The van der Waals surface area contributed by atoms with Crippen LogP contribution in [0.5, 0.6) is 0 Å². The average molecular weight is 571 g/mol. The Hall–Kier alpha value is -5.19. The highest BCUT2D eigenvalue weighted by atomic mass is 16.2. The Labute approximate surface area is 245 Å². The smallest absolute Gasteiger partial charge is 0.247 e. The van der Waals surface area contributed by atoms with E-state index in [-0.39, 0.29) is 24.8 Å². The van der Waals surface area contributed by atoms with Gasteiger partial charge in [0.15, 0.2) is 5.96 Å². The van der Waals surface area contributed by atoms with Crippen molar-refractivity contribution in [2.24, 2.45) is 27.9 Å². The van der Waals surface area contributed by atoms with Gasteiger partial charge >= 0.3 is 0 Å². The van der Waals surface area contributed by atoms with Crippen LogP contribution in [-0.4, -0.2) is 42.1 Å². The first kappa shape index (κ1) is 31.3. The predicted molar refractivity (Wildman–Crippen MR) is 163 cm³/mol. The number of nitrogens with two attached hydrogens (primary N) is 4. The highest BCUT2D eigenvalue weighted by molar-refractivity contribution is 5.96. The van der Waals surface area contributed by atoms with Crippen molar-refractivity contribution in [2.75, 3.05) is 6.54 Å². The van der Waals surface area contributed by atoms with E-state index in [1.54, 1.807) is 42.5 Å². The number of rotatable bonds is 14. The molecule has 0 fully saturated rings. The summed E-state index contributed by atoms with van der Waals surface area (Å²) in [7, 11) is 0. The Bertz CT molecular complexity index is 1410. The van der Waals surface area contributed by atoms with Crippen LogP contribution in [0.3, 0.4) is 0 Å². The quantitative estimate of drug-likeness (QED) is 0.0861. The van der Waals surface area contributed by atoms with Crippen LogP contribution in [0.4, 0.5) is 0 Å². The number of carbonyl (C=O) groups is 3. The van der Waals surface area contributed by atoms with Crippen LogP contribution >= 0.6 is 0 Å². The number of amides is 3. The van der Waals surface area contributed by atoms with E-state index < -0.39 is 35.2 Å². The molecule has 0 aliphatic heterocycles. The fourth-order valence-electron chi connectivity index (χ4n) is 4.61. The highest BCUT2D eigenvalue weighted by Gasteiger charge is 2.38. The van der Waals surface area contributed by atoms with E-state index in [1.165, 1.54) is 0 Å². The van der Waals surface area contributed by atoms with Gasteiger partial charge in [0.25, 0.3) is 0 Å². The molecule has 3 aromatic carbocycles. The second kappa shape index (κ2) is 14.4. The largest absolute Gasteiger partial charge is 0.384 e. The van der Waals surface area contributed by atoms with E-state index in [0.29, 0.717) is 24.0 Å². The molecule has 0 aliphatic carbocycles. The zero-order valence-electron chi connectivity index (χ0n) is 23.5. The highest BCUT2D eigenvalue weighted by Crippen LogP contribution is 2.30. The van der Waals surface area contributed by atoms with Gasteiger partial charge in [-0.3, -0.25) is 24.8 Å². The monoisotopic (exact) mass is 570 g/mol. The zero-order chi connectivity index (χ0) is 30.7. The van der Waals surface area contributed by atoms with E-state index in [2.05, 4.69) is 15.6 Å². The van der Waals surface area contributed by atoms with E-state index in [0.717, 1.165) is 11.1 Å². The maximum Gasteiger partial charge on any atom is 0.247 e. The van der Waals surface area contributed by atoms with Gasteiger partial charge < -0.3 is 33.6 Å². The number of nitrogens with one attached hydrogen (secondary N) is 3. The number of benzene rings is 3. The number of hydrogen-bond acceptors (Lipinski definition) is 5. The fourth-order valence-corrected chi connectivity index (χ4v) is 4.61. The molecule has 3 atom stereocenters. The number of nitrogen functional groups attached to an aromatic ring is 1. The van der Waals surface area contributed by atoms with Gasteiger partial charge in [-0.15, -0.1) is 0 Å². The number of aliphatic imine (C=N–C) groups is 1. The molecule has 11 heteroatoms. The minimum Gasteiger partial charge on any atom is -0.384 e. The molecule has 42 heavy (non-hydrogen) atoms. The third kappa shape index (κ3) is 8.40. The molecule has 3 amide bonds. The summed E-state index contributed by atoms with van der Waals surface area (Å²) in [6, 6.07) is 23.1. The predicted octanol–water partition coefficient (Wildman–Crippen LogP) is 1.35. The first-order valence-electron chi connectivity index (χ1n) is 13.5. The number of amidine groups is 1. The van der Waals surface area contributed by atoms with Crippen molar-refractivity contribution in [1.29, 1.82) is 5.41 Å². The molecule has 0 bridgehead atoms. The van der Waals surface area contributed by atoms with Crippen LogP contribution in [0.2, 0.25) is 0 Å². The van der Waals surface area contributed by atoms with Gasteiger partial charge in [0.1, 0.15) is 17.9 Å². The summed E-state index contributed by atoms with van der Waals surface area (Å²) >= 11 is 0. The van der Waals surface area contributed by atoms with Crippen molar-refractivity contribution in [3.05, 3.63) is 107 Å². The molecule has 0 aliphatic rings. The first-order valence-corrected chi connectivity index (χ1v) is 13.5. The molecule has 0 spiro atoms. The van der Waals surface area contributed by atoms with Crippen molar-refractivity contribution in [3.8, 4) is 0 Å². The third-order valence-electron chi connectivity index (χ3n) is 7.01. The Balaban J connectivity index is 1.91. The standard InChI is InChI=1S/C31H38N8O3/c1-31(23-11-6-3-7-12-23,19-20-14-16-22(17-15-20)26(32)33)29(42)39-25(21-9-4-2-5-10-21)28(41)38-24(27(34)40)13-8-18-37-30(35)36/h2-7,9-12,14-17,24-25H,8,13,18-19H2,1H3,(H3,32,33)(H2,34,40)(H,38,41)(H,39,42)(H4,35,36,37)/t24?,25-,31-/m0/s1. The average Bonchev–Trinajstić information content (AvgIpc) is 2.98. The van der Waals surface area contributed by atoms with Crippen molar-refractivity contribution >= 4 is 29.5 Å². The molecule has 3 aromatic rings. The molecule has 1 unspecified atom stereocenters. The van der Waals surface area contributed by atoms with Gasteiger partial charge in [0.05, 0.1) is 5.41 Å². The topological polar surface area (TPSA) is 216 Å². The molecular formula is C31H38N8O3. The molecule has 220 valence electrons. The summed E-state index contributed by atoms with van der Waals surface area (Å²) in [6.45, 7) is 2.08. The lowest BCUT2D eigenvalue weighted by Crippen LogP contribution is -2.52. The van der Waals surface area contributed by atoms with E-state index in [1.807, 2.05) is 49.4 Å². The van der Waals surface area contributed by atoms with E-state index >= 15 is 0 Å². The molecule has 3 rings (SSSR count). The van der Waals surface area contributed by atoms with Gasteiger partial charge in [-0.25, -0.2) is 0 Å². The first-order chi connectivity index (χ1) is 20.0. The van der Waals surface area contributed by atoms with Crippen molar-refractivity contribution in [2.45, 2.75) is 43.7 Å². The summed E-state index contributed by atoms with van der Waals surface area (Å²) in [5, 5.41) is 13.3. The summed E-state index contributed by atoms with van der Waals surface area (Å²) in [4.78, 5) is 43.8. The number of guanidine groups is 1. The van der Waals surface area contributed by atoms with Crippen LogP contribution in [0.15, 0.2) is 89.9 Å². The summed E-state index contributed by atoms with van der Waals surface area (Å²) in [5.41, 5.74) is 23.5. The number of nitrogens with zero attached hydrogens (tertiary/aromatic N) is 1. The lowest BCUT2D eigenvalue weighted by atomic mass is 9.76. The third-order valence-corrected chi connectivity index (χ3v) is 7.01. The molecular weight excluding hydrogens is 532 g/mol. The van der Waals surface area contributed by atoms with E-state index in [4.69, 9.17) is 28.3 Å². The van der Waals surface area contributed by atoms with Gasteiger partial charge in [-0.05, 0) is 42.9 Å². The van der Waals surface area contributed by atoms with Gasteiger partial charge in [0, 0.05) is 12.1 Å². The summed E-state index contributed by atoms with van der Waals surface area (Å²) in [5.74, 6) is -1.81. The van der Waals surface area contributed by atoms with E-state index in [9.17, 15) is 14.4 Å². The molecule has 0 saturated heterocycles. The maximum absolute atomic E-state index is 14.2. The van der Waals surface area contributed by atoms with Crippen LogP contribution in [-0.2, 0) is 26.2 Å². The van der Waals surface area contributed by atoms with Crippen LogP contribution in [0.1, 0.15) is 48.1 Å². The van der Waals surface area contributed by atoms with Crippen LogP contribution in [0.25, 0.3) is 0 Å². The molecule has 0 saturated carbocycles. The molecule has 11 nitrogen and oxygen atoms in total. The summed E-state index contributed by atoms with van der Waals surface area (Å²) in [6.07, 6.45) is 0.923. The van der Waals surface area contributed by atoms with Crippen LogP contribution < -0.4 is 33.6 Å². The number of carbonyl (C=O) groups excluding carboxylic acids is 3. The Morgan fingerprint density at radius 3 is 2.00 bits per heavy atom. The minimum absolute atomic E-state index is 0.0488. The van der Waals surface area contributed by atoms with Crippen molar-refractivity contribution < 1.29 is 14.4 Å². The minimum atomic E-state index is -1.11. The van der Waals surface area contributed by atoms with Crippen molar-refractivity contribution in [3.63, 3.8) is 0 Å². The molecule has 0 aromatic heterocycles. The second-order valence-corrected chi connectivity index (χ2v) is 10.2. The van der Waals surface area contributed by atoms with Gasteiger partial charge in [-0.2, -0.15) is 0 Å². The second-order valence-electron chi connectivity index (χ2n) is 10.2. The van der Waals surface area contributed by atoms with Crippen molar-refractivity contribution in [1.82, 2.24) is 10.6 Å². The molecule has 0 heterocycles. The fraction of sp³-hybridized carbons (Fsp3) is 0.258. The maximum atomic E-state index is 14.2. The number of primary amides is 1. The normalized spacial score (nSPS) is 13.5. The molecule has 0 radical (unpaired) electrons. The van der Waals surface area contributed by atoms with Gasteiger partial charge in [0.2, 0.25) is 17.7 Å². The Morgan fingerprint density at radius 2 is 1.45 bits per heavy atom. The zero-order valence-corrected chi connectivity index (χ0v) is 23.5. The Kier molecular flexibility index (Phi) is 10.8. The Morgan fingerprint density at radius 1 is 0.857 bits per heavy atom. The number of hydrogen-bond donors (Lipinski definition) is 7. The van der Waals surface area contributed by atoms with Gasteiger partial charge in [-0.1, -0.05) is 84.9 Å². The lowest BCUT2D eigenvalue weighted by molar-refractivity contribution is -0.133.